The van der Waals surface area contributed by atoms with Crippen LogP contribution in [0.5, 0.6) is 0 Å². The molecule has 2 aromatic rings. The predicted octanol–water partition coefficient (Wildman–Crippen LogP) is 4.28. The van der Waals surface area contributed by atoms with E-state index in [9.17, 15) is 4.79 Å². The van der Waals surface area contributed by atoms with Crippen molar-refractivity contribution in [3.63, 3.8) is 0 Å². The van der Waals surface area contributed by atoms with E-state index in [2.05, 4.69) is 41.1 Å². The average molecular weight is 351 g/mol. The second kappa shape index (κ2) is 5.31. The molecule has 3 rings (SSSR count). The van der Waals surface area contributed by atoms with E-state index in [1.165, 1.54) is 37.7 Å². The van der Waals surface area contributed by atoms with Crippen LogP contribution >= 0.6 is 15.9 Å². The number of benzene rings is 1. The molecule has 1 aliphatic carbocycles. The van der Waals surface area contributed by atoms with Crippen molar-refractivity contribution in [2.45, 2.75) is 43.9 Å². The van der Waals surface area contributed by atoms with Gasteiger partial charge < -0.3 is 0 Å². The van der Waals surface area contributed by atoms with E-state index in [4.69, 9.17) is 0 Å². The summed E-state index contributed by atoms with van der Waals surface area (Å²) < 4.78 is 3.46. The van der Waals surface area contributed by atoms with Gasteiger partial charge in [-0.1, -0.05) is 41.8 Å². The van der Waals surface area contributed by atoms with Crippen LogP contribution in [-0.4, -0.2) is 9.13 Å². The third-order valence-electron chi connectivity index (χ3n) is 5.43. The molecule has 1 aliphatic rings. The van der Waals surface area contributed by atoms with Crippen LogP contribution in [0.15, 0.2) is 23.0 Å². The van der Waals surface area contributed by atoms with Gasteiger partial charge in [-0.2, -0.15) is 0 Å². The third kappa shape index (κ3) is 2.19. The van der Waals surface area contributed by atoms with Gasteiger partial charge in [0.1, 0.15) is 0 Å². The first kappa shape index (κ1) is 14.9. The molecular formula is C17H23BrN2O. The largest absolute Gasteiger partial charge is 0.328 e. The Morgan fingerprint density at radius 3 is 2.43 bits per heavy atom. The fraction of sp³-hybridized carbons (Fsp3) is 0.588. The standard InChI is InChI=1S/C17H23BrN2O/c1-4-17(9-5-6-10-17)15(18)12-7-8-13-14(11-12)20(3)16(21)19(13)2/h7-8,11,15H,4-6,9-10H2,1-3H3. The molecule has 1 aromatic carbocycles. The molecule has 21 heavy (non-hydrogen) atoms. The smallest absolute Gasteiger partial charge is 0.295 e. The van der Waals surface area contributed by atoms with Crippen LogP contribution in [0.4, 0.5) is 0 Å². The van der Waals surface area contributed by atoms with Crippen molar-refractivity contribution in [1.82, 2.24) is 9.13 Å². The highest BCUT2D eigenvalue weighted by atomic mass is 79.9. The van der Waals surface area contributed by atoms with E-state index in [0.29, 0.717) is 10.2 Å². The van der Waals surface area contributed by atoms with Crippen molar-refractivity contribution in [1.29, 1.82) is 0 Å². The van der Waals surface area contributed by atoms with Gasteiger partial charge in [-0.15, -0.1) is 0 Å². The van der Waals surface area contributed by atoms with Crippen LogP contribution < -0.4 is 5.69 Å². The molecule has 114 valence electrons. The van der Waals surface area contributed by atoms with E-state index in [-0.39, 0.29) is 5.69 Å². The molecule has 1 heterocycles. The molecule has 0 N–H and O–H groups in total. The highest BCUT2D eigenvalue weighted by Crippen LogP contribution is 2.54. The molecule has 1 aromatic heterocycles. The molecule has 3 nitrogen and oxygen atoms in total. The van der Waals surface area contributed by atoms with Gasteiger partial charge in [0.25, 0.3) is 0 Å². The number of halogens is 1. The fourth-order valence-corrected chi connectivity index (χ4v) is 4.97. The molecular weight excluding hydrogens is 328 g/mol. The Labute approximate surface area is 134 Å². The summed E-state index contributed by atoms with van der Waals surface area (Å²) in [5, 5.41) is 0. The highest BCUT2D eigenvalue weighted by molar-refractivity contribution is 9.09. The molecule has 0 amide bonds. The molecule has 0 bridgehead atoms. The molecule has 0 radical (unpaired) electrons. The van der Waals surface area contributed by atoms with E-state index in [1.54, 1.807) is 9.13 Å². The number of aromatic nitrogens is 2. The molecule has 0 spiro atoms. The zero-order valence-corrected chi connectivity index (χ0v) is 14.6. The number of alkyl halides is 1. The Kier molecular flexibility index (Phi) is 3.76. The molecule has 4 heteroatoms. The lowest BCUT2D eigenvalue weighted by Gasteiger charge is -2.33. The van der Waals surface area contributed by atoms with Crippen molar-refractivity contribution in [2.24, 2.45) is 19.5 Å². The number of fused-ring (bicyclic) bond motifs is 1. The van der Waals surface area contributed by atoms with Gasteiger partial charge in [0, 0.05) is 18.9 Å². The third-order valence-corrected chi connectivity index (χ3v) is 6.93. The lowest BCUT2D eigenvalue weighted by Crippen LogP contribution is -2.21. The van der Waals surface area contributed by atoms with Crippen LogP contribution in [-0.2, 0) is 14.1 Å². The molecule has 1 fully saturated rings. The summed E-state index contributed by atoms with van der Waals surface area (Å²) in [6.07, 6.45) is 6.47. The van der Waals surface area contributed by atoms with Crippen LogP contribution in [0.1, 0.15) is 49.4 Å². The SMILES string of the molecule is CCC1(C(Br)c2ccc3c(c2)n(C)c(=O)n3C)CCCC1. The summed E-state index contributed by atoms with van der Waals surface area (Å²) in [4.78, 5) is 12.4. The normalized spacial score (nSPS) is 19.2. The first-order valence-electron chi connectivity index (χ1n) is 7.79. The summed E-state index contributed by atoms with van der Waals surface area (Å²) in [7, 11) is 3.68. The number of rotatable bonds is 3. The van der Waals surface area contributed by atoms with Crippen molar-refractivity contribution < 1.29 is 0 Å². The number of imidazole rings is 1. The summed E-state index contributed by atoms with van der Waals surface area (Å²) in [5.74, 6) is 0. The molecule has 1 atom stereocenters. The van der Waals surface area contributed by atoms with Crippen LogP contribution in [0, 0.1) is 5.41 Å². The van der Waals surface area contributed by atoms with Crippen LogP contribution in [0.3, 0.4) is 0 Å². The Hall–Kier alpha value is -1.03. The number of nitrogens with zero attached hydrogens (tertiary/aromatic N) is 2. The highest BCUT2D eigenvalue weighted by Gasteiger charge is 2.39. The average Bonchev–Trinajstić information content (AvgIpc) is 3.08. The van der Waals surface area contributed by atoms with Gasteiger partial charge in [-0.3, -0.25) is 9.13 Å². The second-order valence-electron chi connectivity index (χ2n) is 6.43. The van der Waals surface area contributed by atoms with Crippen molar-refractivity contribution in [3.05, 3.63) is 34.2 Å². The van der Waals surface area contributed by atoms with E-state index in [0.717, 1.165) is 11.0 Å². The topological polar surface area (TPSA) is 26.9 Å². The second-order valence-corrected chi connectivity index (χ2v) is 7.35. The number of aryl methyl sites for hydroxylation is 2. The lowest BCUT2D eigenvalue weighted by atomic mass is 9.77. The van der Waals surface area contributed by atoms with Gasteiger partial charge >= 0.3 is 5.69 Å². The Morgan fingerprint density at radius 2 is 1.81 bits per heavy atom. The predicted molar refractivity (Wildman–Crippen MR) is 91.0 cm³/mol. The van der Waals surface area contributed by atoms with Gasteiger partial charge in [0.15, 0.2) is 0 Å². The van der Waals surface area contributed by atoms with Crippen LogP contribution in [0.25, 0.3) is 11.0 Å². The molecule has 0 saturated heterocycles. The van der Waals surface area contributed by atoms with Crippen molar-refractivity contribution >= 4 is 27.0 Å². The number of hydrogen-bond acceptors (Lipinski definition) is 1. The minimum atomic E-state index is 0.0411. The van der Waals surface area contributed by atoms with Gasteiger partial charge in [0.2, 0.25) is 0 Å². The first-order chi connectivity index (χ1) is 10.00. The van der Waals surface area contributed by atoms with Gasteiger partial charge in [-0.25, -0.2) is 4.79 Å². The maximum absolute atomic E-state index is 12.1. The fourth-order valence-electron chi connectivity index (χ4n) is 3.90. The van der Waals surface area contributed by atoms with Gasteiger partial charge in [0.05, 0.1) is 11.0 Å². The quantitative estimate of drug-likeness (QED) is 0.758. The van der Waals surface area contributed by atoms with E-state index >= 15 is 0 Å². The maximum Gasteiger partial charge on any atom is 0.328 e. The Bertz CT molecular complexity index is 722. The molecule has 0 aliphatic heterocycles. The molecule has 1 unspecified atom stereocenters. The summed E-state index contributed by atoms with van der Waals surface area (Å²) in [6, 6.07) is 6.45. The summed E-state index contributed by atoms with van der Waals surface area (Å²) >= 11 is 3.97. The number of hydrogen-bond donors (Lipinski definition) is 0. The summed E-state index contributed by atoms with van der Waals surface area (Å²) in [6.45, 7) is 2.30. The minimum Gasteiger partial charge on any atom is -0.295 e. The van der Waals surface area contributed by atoms with E-state index < -0.39 is 0 Å². The van der Waals surface area contributed by atoms with E-state index in [1.807, 2.05) is 14.1 Å². The summed E-state index contributed by atoms with van der Waals surface area (Å²) in [5.41, 5.74) is 3.74. The van der Waals surface area contributed by atoms with Crippen LogP contribution in [0.2, 0.25) is 0 Å². The zero-order valence-electron chi connectivity index (χ0n) is 13.0. The molecule has 1 saturated carbocycles. The maximum atomic E-state index is 12.1. The Balaban J connectivity index is 2.09. The lowest BCUT2D eigenvalue weighted by molar-refractivity contribution is 0.279. The van der Waals surface area contributed by atoms with Gasteiger partial charge in [-0.05, 0) is 42.4 Å². The van der Waals surface area contributed by atoms with Crippen molar-refractivity contribution in [3.8, 4) is 0 Å². The monoisotopic (exact) mass is 350 g/mol. The minimum absolute atomic E-state index is 0.0411. The Morgan fingerprint density at radius 1 is 1.19 bits per heavy atom. The van der Waals surface area contributed by atoms with Crippen molar-refractivity contribution in [2.75, 3.05) is 0 Å². The first-order valence-corrected chi connectivity index (χ1v) is 8.71. The zero-order chi connectivity index (χ0) is 15.2.